The van der Waals surface area contributed by atoms with E-state index in [4.69, 9.17) is 9.15 Å². The molecule has 1 N–H and O–H groups in total. The summed E-state index contributed by atoms with van der Waals surface area (Å²) in [7, 11) is 0. The van der Waals surface area contributed by atoms with Crippen LogP contribution in [0.2, 0.25) is 0 Å². The first-order chi connectivity index (χ1) is 14.4. The molecular weight excluding hydrogens is 391 g/mol. The van der Waals surface area contributed by atoms with Gasteiger partial charge in [-0.05, 0) is 43.3 Å². The third kappa shape index (κ3) is 3.67. The molecule has 0 saturated carbocycles. The number of carbonyl (C=O) groups excluding carboxylic acids is 3. The highest BCUT2D eigenvalue weighted by atomic mass is 19.1. The van der Waals surface area contributed by atoms with Gasteiger partial charge in [-0.25, -0.2) is 9.18 Å². The second-order valence-electron chi connectivity index (χ2n) is 6.68. The van der Waals surface area contributed by atoms with Crippen LogP contribution in [0.25, 0.3) is 11.3 Å². The van der Waals surface area contributed by atoms with Crippen LogP contribution < -0.4 is 10.2 Å². The molecule has 2 amide bonds. The van der Waals surface area contributed by atoms with E-state index in [1.807, 2.05) is 0 Å². The molecule has 1 aromatic heterocycles. The molecule has 3 aromatic rings. The average molecular weight is 408 g/mol. The van der Waals surface area contributed by atoms with E-state index in [9.17, 15) is 18.8 Å². The second-order valence-corrected chi connectivity index (χ2v) is 6.68. The van der Waals surface area contributed by atoms with Gasteiger partial charge in [0.25, 0.3) is 5.91 Å². The zero-order valence-electron chi connectivity index (χ0n) is 15.9. The molecule has 0 radical (unpaired) electrons. The van der Waals surface area contributed by atoms with E-state index >= 15 is 0 Å². The Morgan fingerprint density at radius 1 is 1.10 bits per heavy atom. The summed E-state index contributed by atoms with van der Waals surface area (Å²) in [5.74, 6) is -2.25. The Hall–Kier alpha value is -3.94. The number of benzene rings is 2. The Bertz CT molecular complexity index is 1140. The van der Waals surface area contributed by atoms with Gasteiger partial charge in [0.1, 0.15) is 18.1 Å². The Kier molecular flexibility index (Phi) is 5.05. The SMILES string of the molecule is C[C@@H](OC(=O)c1ccc(-c2ccccc2F)o1)C(=O)N1CC(=O)Nc2ccccc21. The van der Waals surface area contributed by atoms with Crippen LogP contribution in [0.1, 0.15) is 17.5 Å². The van der Waals surface area contributed by atoms with Gasteiger partial charge in [0.15, 0.2) is 6.10 Å². The van der Waals surface area contributed by atoms with Gasteiger partial charge in [-0.1, -0.05) is 24.3 Å². The Balaban J connectivity index is 1.49. The van der Waals surface area contributed by atoms with Gasteiger partial charge in [0.2, 0.25) is 11.7 Å². The number of halogens is 1. The molecular formula is C22H17FN2O5. The van der Waals surface area contributed by atoms with Crippen molar-refractivity contribution in [3.05, 3.63) is 72.2 Å². The quantitative estimate of drug-likeness (QED) is 0.666. The number of fused-ring (bicyclic) bond motifs is 1. The number of hydrogen-bond acceptors (Lipinski definition) is 5. The maximum Gasteiger partial charge on any atom is 0.375 e. The van der Waals surface area contributed by atoms with E-state index in [-0.39, 0.29) is 29.5 Å². The number of anilines is 2. The molecule has 0 fully saturated rings. The first kappa shape index (κ1) is 19.4. The van der Waals surface area contributed by atoms with Crippen molar-refractivity contribution in [3.63, 3.8) is 0 Å². The predicted octanol–water partition coefficient (Wildman–Crippen LogP) is 3.62. The molecule has 1 aliphatic heterocycles. The minimum atomic E-state index is -1.17. The number of nitrogens with one attached hydrogen (secondary N) is 1. The average Bonchev–Trinajstić information content (AvgIpc) is 3.23. The smallest absolute Gasteiger partial charge is 0.375 e. The number of para-hydroxylation sites is 2. The van der Waals surface area contributed by atoms with E-state index in [0.717, 1.165) is 0 Å². The third-order valence-electron chi connectivity index (χ3n) is 4.61. The summed E-state index contributed by atoms with van der Waals surface area (Å²) in [6.07, 6.45) is -1.17. The van der Waals surface area contributed by atoms with Crippen LogP contribution in [0.4, 0.5) is 15.8 Å². The molecule has 2 aromatic carbocycles. The summed E-state index contributed by atoms with van der Waals surface area (Å²) in [6.45, 7) is 1.23. The number of hydrogen-bond donors (Lipinski definition) is 1. The molecule has 0 unspecified atom stereocenters. The van der Waals surface area contributed by atoms with E-state index in [2.05, 4.69) is 5.32 Å². The van der Waals surface area contributed by atoms with Crippen LogP contribution >= 0.6 is 0 Å². The van der Waals surface area contributed by atoms with Crippen molar-refractivity contribution in [2.45, 2.75) is 13.0 Å². The van der Waals surface area contributed by atoms with Crippen LogP contribution in [-0.4, -0.2) is 30.4 Å². The molecule has 2 heterocycles. The third-order valence-corrected chi connectivity index (χ3v) is 4.61. The zero-order valence-corrected chi connectivity index (χ0v) is 15.9. The highest BCUT2D eigenvalue weighted by Crippen LogP contribution is 2.30. The normalized spacial score (nSPS) is 13.9. The van der Waals surface area contributed by atoms with Gasteiger partial charge in [-0.3, -0.25) is 14.5 Å². The lowest BCUT2D eigenvalue weighted by Crippen LogP contribution is -2.47. The van der Waals surface area contributed by atoms with Gasteiger partial charge < -0.3 is 14.5 Å². The number of furan rings is 1. The van der Waals surface area contributed by atoms with Crippen molar-refractivity contribution in [1.29, 1.82) is 0 Å². The molecule has 0 aliphatic carbocycles. The van der Waals surface area contributed by atoms with Gasteiger partial charge in [0.05, 0.1) is 16.9 Å². The second kappa shape index (κ2) is 7.82. The first-order valence-electron chi connectivity index (χ1n) is 9.20. The van der Waals surface area contributed by atoms with Gasteiger partial charge in [0, 0.05) is 0 Å². The van der Waals surface area contributed by atoms with E-state index in [1.54, 1.807) is 36.4 Å². The Morgan fingerprint density at radius 2 is 1.83 bits per heavy atom. The fourth-order valence-electron chi connectivity index (χ4n) is 3.17. The summed E-state index contributed by atoms with van der Waals surface area (Å²) in [5.41, 5.74) is 1.22. The topological polar surface area (TPSA) is 88.8 Å². The molecule has 30 heavy (non-hydrogen) atoms. The minimum Gasteiger partial charge on any atom is -0.449 e. The maximum absolute atomic E-state index is 13.9. The van der Waals surface area contributed by atoms with Crippen LogP contribution in [0, 0.1) is 5.82 Å². The molecule has 0 spiro atoms. The molecule has 0 saturated heterocycles. The molecule has 8 heteroatoms. The Labute approximate surface area is 171 Å². The van der Waals surface area contributed by atoms with E-state index in [1.165, 1.54) is 36.1 Å². The summed E-state index contributed by atoms with van der Waals surface area (Å²) in [4.78, 5) is 38.4. The fourth-order valence-corrected chi connectivity index (χ4v) is 3.17. The number of rotatable bonds is 4. The van der Waals surface area contributed by atoms with Gasteiger partial charge >= 0.3 is 5.97 Å². The van der Waals surface area contributed by atoms with Gasteiger partial charge in [-0.2, -0.15) is 0 Å². The van der Waals surface area contributed by atoms with Crippen LogP contribution in [-0.2, 0) is 14.3 Å². The Morgan fingerprint density at radius 3 is 2.63 bits per heavy atom. The monoisotopic (exact) mass is 408 g/mol. The molecule has 7 nitrogen and oxygen atoms in total. The largest absolute Gasteiger partial charge is 0.449 e. The number of ether oxygens (including phenoxy) is 1. The molecule has 1 atom stereocenters. The van der Waals surface area contributed by atoms with Crippen molar-refractivity contribution in [2.75, 3.05) is 16.8 Å². The summed E-state index contributed by atoms with van der Waals surface area (Å²) in [5, 5.41) is 2.69. The highest BCUT2D eigenvalue weighted by molar-refractivity contribution is 6.11. The van der Waals surface area contributed by atoms with Crippen molar-refractivity contribution < 1.29 is 27.9 Å². The van der Waals surface area contributed by atoms with Gasteiger partial charge in [-0.15, -0.1) is 0 Å². The molecule has 152 valence electrons. The lowest BCUT2D eigenvalue weighted by molar-refractivity contribution is -0.128. The lowest BCUT2D eigenvalue weighted by Gasteiger charge is -2.30. The van der Waals surface area contributed by atoms with E-state index < -0.39 is 23.8 Å². The van der Waals surface area contributed by atoms with Crippen LogP contribution in [0.5, 0.6) is 0 Å². The first-order valence-corrected chi connectivity index (χ1v) is 9.20. The van der Waals surface area contributed by atoms with Crippen LogP contribution in [0.3, 0.4) is 0 Å². The highest BCUT2D eigenvalue weighted by Gasteiger charge is 2.32. The lowest BCUT2D eigenvalue weighted by atomic mass is 10.1. The molecule has 1 aliphatic rings. The molecule has 0 bridgehead atoms. The fraction of sp³-hybridized carbons (Fsp3) is 0.136. The standard InChI is InChI=1S/C22H17FN2O5/c1-13(21(27)25-12-20(26)24-16-8-4-5-9-17(16)25)29-22(28)19-11-10-18(30-19)14-6-2-3-7-15(14)23/h2-11,13H,12H2,1H3,(H,24,26)/t13-/m1/s1. The van der Waals surface area contributed by atoms with E-state index in [0.29, 0.717) is 11.4 Å². The summed E-state index contributed by atoms with van der Waals surface area (Å²) >= 11 is 0. The van der Waals surface area contributed by atoms with Crippen LogP contribution in [0.15, 0.2) is 65.1 Å². The summed E-state index contributed by atoms with van der Waals surface area (Å²) < 4.78 is 24.5. The zero-order chi connectivity index (χ0) is 21.3. The summed E-state index contributed by atoms with van der Waals surface area (Å²) in [6, 6.07) is 15.6. The molecule has 4 rings (SSSR count). The minimum absolute atomic E-state index is 0.162. The number of amides is 2. The maximum atomic E-state index is 13.9. The number of nitrogens with zero attached hydrogens (tertiary/aromatic N) is 1. The number of carbonyl (C=O) groups is 3. The van der Waals surface area contributed by atoms with Crippen molar-refractivity contribution >= 4 is 29.2 Å². The van der Waals surface area contributed by atoms with Crippen molar-refractivity contribution in [1.82, 2.24) is 0 Å². The predicted molar refractivity (Wildman–Crippen MR) is 106 cm³/mol. The van der Waals surface area contributed by atoms with Crippen molar-refractivity contribution in [2.24, 2.45) is 0 Å². The van der Waals surface area contributed by atoms with Crippen molar-refractivity contribution in [3.8, 4) is 11.3 Å². The number of esters is 1.